The number of rotatable bonds is 6. The van der Waals surface area contributed by atoms with Gasteiger partial charge in [-0.2, -0.15) is 0 Å². The van der Waals surface area contributed by atoms with Crippen molar-refractivity contribution in [2.75, 3.05) is 32.7 Å². The van der Waals surface area contributed by atoms with Crippen molar-refractivity contribution in [2.24, 2.45) is 12.0 Å². The molecule has 0 radical (unpaired) electrons. The van der Waals surface area contributed by atoms with Gasteiger partial charge in [-0.15, -0.1) is 16.8 Å². The first-order valence-electron chi connectivity index (χ1n) is 9.83. The fraction of sp³-hybridized carbons (Fsp3) is 0.476. The van der Waals surface area contributed by atoms with Crippen LogP contribution < -0.4 is 5.32 Å². The van der Waals surface area contributed by atoms with E-state index in [9.17, 15) is 0 Å². The molecule has 0 aliphatic carbocycles. The second-order valence-electron chi connectivity index (χ2n) is 7.28. The van der Waals surface area contributed by atoms with Crippen LogP contribution in [0.15, 0.2) is 41.9 Å². The molecule has 0 saturated carbocycles. The topological polar surface area (TPSA) is 61.6 Å². The van der Waals surface area contributed by atoms with E-state index < -0.39 is 0 Å². The summed E-state index contributed by atoms with van der Waals surface area (Å²) in [6.45, 7) is 14.1. The zero-order valence-corrected chi connectivity index (χ0v) is 17.2. The van der Waals surface area contributed by atoms with Gasteiger partial charge in [-0.25, -0.2) is 4.99 Å². The number of nitrogens with zero attached hydrogens (tertiary/aromatic N) is 6. The summed E-state index contributed by atoms with van der Waals surface area (Å²) in [5, 5.41) is 11.7. The maximum atomic E-state index is 4.79. The van der Waals surface area contributed by atoms with Crippen molar-refractivity contribution < 1.29 is 0 Å². The Morgan fingerprint density at radius 1 is 1.21 bits per heavy atom. The van der Waals surface area contributed by atoms with Crippen molar-refractivity contribution in [3.8, 4) is 0 Å². The number of benzene rings is 1. The average molecular weight is 382 g/mol. The van der Waals surface area contributed by atoms with E-state index >= 15 is 0 Å². The Morgan fingerprint density at radius 3 is 2.64 bits per heavy atom. The van der Waals surface area contributed by atoms with E-state index in [4.69, 9.17) is 4.99 Å². The number of aromatic nitrogens is 3. The van der Waals surface area contributed by atoms with Crippen molar-refractivity contribution in [2.45, 2.75) is 26.9 Å². The van der Waals surface area contributed by atoms with E-state index in [0.29, 0.717) is 13.1 Å². The lowest BCUT2D eigenvalue weighted by molar-refractivity contribution is 0.172. The number of hydrogen-bond donors (Lipinski definition) is 1. The lowest BCUT2D eigenvalue weighted by Gasteiger charge is -2.36. The van der Waals surface area contributed by atoms with Crippen LogP contribution >= 0.6 is 0 Å². The molecule has 1 N–H and O–H groups in total. The molecular formula is C21H31N7. The third-order valence-electron chi connectivity index (χ3n) is 5.12. The van der Waals surface area contributed by atoms with Gasteiger partial charge in [-0.3, -0.25) is 4.90 Å². The highest BCUT2D eigenvalue weighted by molar-refractivity contribution is 5.80. The smallest absolute Gasteiger partial charge is 0.194 e. The highest BCUT2D eigenvalue weighted by Gasteiger charge is 2.20. The monoisotopic (exact) mass is 381 g/mol. The molecule has 150 valence electrons. The molecule has 3 rings (SSSR count). The molecule has 0 spiro atoms. The summed E-state index contributed by atoms with van der Waals surface area (Å²) in [5.74, 6) is 2.68. The van der Waals surface area contributed by atoms with Gasteiger partial charge >= 0.3 is 0 Å². The lowest BCUT2D eigenvalue weighted by Crippen LogP contribution is -2.52. The number of guanidine groups is 1. The third-order valence-corrected chi connectivity index (χ3v) is 5.12. The van der Waals surface area contributed by atoms with Crippen molar-refractivity contribution >= 4 is 5.96 Å². The number of piperazine rings is 1. The molecule has 1 aliphatic heterocycles. The Morgan fingerprint density at radius 2 is 2.00 bits per heavy atom. The molecule has 0 atom stereocenters. The largest absolute Gasteiger partial charge is 0.353 e. The Bertz CT molecular complexity index is 816. The standard InChI is InChI=1S/C21H31N7/c1-5-9-22-21(23-15-20-25-24-18(3)26(20)4)28-12-10-27(11-13-28)16-19-8-6-7-17(2)14-19/h5-8,14H,1,9-13,15-16H2,2-4H3,(H,22,23). The van der Waals surface area contributed by atoms with Crippen LogP contribution in [0.1, 0.15) is 22.8 Å². The summed E-state index contributed by atoms with van der Waals surface area (Å²) in [4.78, 5) is 9.61. The average Bonchev–Trinajstić information content (AvgIpc) is 3.01. The molecule has 1 aliphatic rings. The van der Waals surface area contributed by atoms with E-state index in [1.165, 1.54) is 11.1 Å². The van der Waals surface area contributed by atoms with Crippen LogP contribution in [0.4, 0.5) is 0 Å². The number of aryl methyl sites for hydroxylation is 2. The summed E-state index contributed by atoms with van der Waals surface area (Å²) < 4.78 is 1.98. The van der Waals surface area contributed by atoms with Crippen LogP contribution in [0.5, 0.6) is 0 Å². The Hall–Kier alpha value is -2.67. The van der Waals surface area contributed by atoms with Gasteiger partial charge in [0.25, 0.3) is 0 Å². The molecule has 28 heavy (non-hydrogen) atoms. The molecule has 2 heterocycles. The van der Waals surface area contributed by atoms with E-state index in [1.54, 1.807) is 0 Å². The zero-order valence-electron chi connectivity index (χ0n) is 17.2. The molecule has 0 unspecified atom stereocenters. The Balaban J connectivity index is 1.60. The lowest BCUT2D eigenvalue weighted by atomic mass is 10.1. The summed E-state index contributed by atoms with van der Waals surface area (Å²) in [6.07, 6.45) is 1.86. The predicted octanol–water partition coefficient (Wildman–Crippen LogP) is 1.88. The van der Waals surface area contributed by atoms with E-state index in [-0.39, 0.29) is 0 Å². The number of nitrogens with one attached hydrogen (secondary N) is 1. The normalized spacial score (nSPS) is 15.7. The van der Waals surface area contributed by atoms with Gasteiger partial charge in [0.15, 0.2) is 11.8 Å². The molecule has 0 bridgehead atoms. The molecule has 2 aromatic rings. The number of hydrogen-bond acceptors (Lipinski definition) is 4. The van der Waals surface area contributed by atoms with Gasteiger partial charge < -0.3 is 14.8 Å². The van der Waals surface area contributed by atoms with Gasteiger partial charge in [0.05, 0.1) is 0 Å². The van der Waals surface area contributed by atoms with Crippen LogP contribution in [-0.2, 0) is 20.1 Å². The molecule has 1 aromatic carbocycles. The van der Waals surface area contributed by atoms with Crippen molar-refractivity contribution in [1.82, 2.24) is 29.9 Å². The highest BCUT2D eigenvalue weighted by atomic mass is 15.4. The minimum Gasteiger partial charge on any atom is -0.353 e. The van der Waals surface area contributed by atoms with Gasteiger partial charge in [-0.1, -0.05) is 35.9 Å². The van der Waals surface area contributed by atoms with Crippen LogP contribution in [0.25, 0.3) is 0 Å². The molecular weight excluding hydrogens is 350 g/mol. The second kappa shape index (κ2) is 9.50. The third kappa shape index (κ3) is 5.19. The van der Waals surface area contributed by atoms with Crippen molar-refractivity contribution in [3.05, 3.63) is 59.7 Å². The minimum atomic E-state index is 0.514. The first kappa shape index (κ1) is 20.1. The molecule has 0 amide bonds. The first-order valence-corrected chi connectivity index (χ1v) is 9.83. The van der Waals surface area contributed by atoms with Gasteiger partial charge in [0, 0.05) is 46.3 Å². The summed E-state index contributed by atoms with van der Waals surface area (Å²) >= 11 is 0. The fourth-order valence-electron chi connectivity index (χ4n) is 3.35. The van der Waals surface area contributed by atoms with Crippen molar-refractivity contribution in [1.29, 1.82) is 0 Å². The molecule has 1 saturated heterocycles. The molecule has 7 heteroatoms. The van der Waals surface area contributed by atoms with Crippen LogP contribution in [0.3, 0.4) is 0 Å². The second-order valence-corrected chi connectivity index (χ2v) is 7.28. The van der Waals surface area contributed by atoms with Gasteiger partial charge in [-0.05, 0) is 19.4 Å². The predicted molar refractivity (Wildman–Crippen MR) is 113 cm³/mol. The fourth-order valence-corrected chi connectivity index (χ4v) is 3.35. The van der Waals surface area contributed by atoms with Crippen LogP contribution in [0.2, 0.25) is 0 Å². The SMILES string of the molecule is C=CCNC(=NCc1nnc(C)n1C)N1CCN(Cc2cccc(C)c2)CC1. The van der Waals surface area contributed by atoms with E-state index in [2.05, 4.69) is 63.1 Å². The number of aliphatic imine (C=N–C) groups is 1. The molecule has 1 fully saturated rings. The van der Waals surface area contributed by atoms with E-state index in [1.807, 2.05) is 24.6 Å². The zero-order chi connectivity index (χ0) is 19.9. The van der Waals surface area contributed by atoms with Gasteiger partial charge in [0.1, 0.15) is 12.4 Å². The summed E-state index contributed by atoms with van der Waals surface area (Å²) in [6, 6.07) is 8.77. The van der Waals surface area contributed by atoms with Crippen LogP contribution in [-0.4, -0.2) is 63.2 Å². The quantitative estimate of drug-likeness (QED) is 0.470. The Labute approximate surface area is 167 Å². The first-order chi connectivity index (χ1) is 13.6. The summed E-state index contributed by atoms with van der Waals surface area (Å²) in [5.41, 5.74) is 2.70. The maximum Gasteiger partial charge on any atom is 0.194 e. The Kier molecular flexibility index (Phi) is 6.81. The minimum absolute atomic E-state index is 0.514. The molecule has 1 aromatic heterocycles. The highest BCUT2D eigenvalue weighted by Crippen LogP contribution is 2.11. The maximum absolute atomic E-state index is 4.79. The van der Waals surface area contributed by atoms with Crippen molar-refractivity contribution in [3.63, 3.8) is 0 Å². The molecule has 7 nitrogen and oxygen atoms in total. The summed E-state index contributed by atoms with van der Waals surface area (Å²) in [7, 11) is 1.97. The van der Waals surface area contributed by atoms with E-state index in [0.717, 1.165) is 50.3 Å². The van der Waals surface area contributed by atoms with Crippen LogP contribution in [0, 0.1) is 13.8 Å². The van der Waals surface area contributed by atoms with Gasteiger partial charge in [0.2, 0.25) is 0 Å².